The van der Waals surface area contributed by atoms with E-state index < -0.39 is 0 Å². The fraction of sp³-hybridized carbons (Fsp3) is 0.261. The zero-order valence-corrected chi connectivity index (χ0v) is 17.6. The molecule has 0 aliphatic heterocycles. The van der Waals surface area contributed by atoms with E-state index >= 15 is 0 Å². The molecule has 0 spiro atoms. The Balaban J connectivity index is 1.63. The maximum Gasteiger partial charge on any atom is 0.272 e. The highest BCUT2D eigenvalue weighted by Crippen LogP contribution is 2.40. The van der Waals surface area contributed by atoms with Crippen LogP contribution in [0.3, 0.4) is 0 Å². The lowest BCUT2D eigenvalue weighted by molar-refractivity contribution is 0.0956. The Labute approximate surface area is 173 Å². The number of fused-ring (bicyclic) bond motifs is 1. The molecular formula is C23H22BrN3O. The second-order valence-corrected chi connectivity index (χ2v) is 8.13. The molecule has 0 saturated heterocycles. The number of benzene rings is 2. The van der Waals surface area contributed by atoms with Gasteiger partial charge in [-0.15, -0.1) is 0 Å². The van der Waals surface area contributed by atoms with Crippen molar-refractivity contribution >= 4 is 38.5 Å². The second-order valence-electron chi connectivity index (χ2n) is 7.22. The third-order valence-electron chi connectivity index (χ3n) is 5.14. The Morgan fingerprint density at radius 3 is 2.61 bits per heavy atom. The molecule has 0 unspecified atom stereocenters. The number of carbonyl (C=O) groups is 1. The summed E-state index contributed by atoms with van der Waals surface area (Å²) in [5, 5.41) is 5.16. The minimum absolute atomic E-state index is 0.211. The van der Waals surface area contributed by atoms with E-state index in [0.717, 1.165) is 51.6 Å². The monoisotopic (exact) mass is 435 g/mol. The molecule has 28 heavy (non-hydrogen) atoms. The summed E-state index contributed by atoms with van der Waals surface area (Å²) in [7, 11) is 0. The molecule has 1 saturated carbocycles. The van der Waals surface area contributed by atoms with Gasteiger partial charge < -0.3 is 0 Å². The number of amides is 1. The van der Waals surface area contributed by atoms with Crippen molar-refractivity contribution in [2.45, 2.75) is 39.0 Å². The van der Waals surface area contributed by atoms with Gasteiger partial charge in [-0.3, -0.25) is 9.78 Å². The number of nitrogens with one attached hydrogen (secondary N) is 1. The van der Waals surface area contributed by atoms with Gasteiger partial charge in [-0.2, -0.15) is 5.10 Å². The molecule has 1 N–H and O–H groups in total. The van der Waals surface area contributed by atoms with Gasteiger partial charge in [0.05, 0.1) is 16.8 Å². The Morgan fingerprint density at radius 1 is 1.18 bits per heavy atom. The molecule has 142 valence electrons. The summed E-state index contributed by atoms with van der Waals surface area (Å²) >= 11 is 3.49. The van der Waals surface area contributed by atoms with Crippen LogP contribution in [0.4, 0.5) is 0 Å². The number of pyridine rings is 1. The average molecular weight is 436 g/mol. The van der Waals surface area contributed by atoms with Crippen LogP contribution in [0.1, 0.15) is 59.8 Å². The van der Waals surface area contributed by atoms with E-state index in [-0.39, 0.29) is 5.91 Å². The van der Waals surface area contributed by atoms with Gasteiger partial charge in [-0.05, 0) is 61.6 Å². The number of carbonyl (C=O) groups excluding carboxylic acids is 1. The molecule has 2 aromatic carbocycles. The number of halogens is 1. The van der Waals surface area contributed by atoms with Crippen LogP contribution in [0.25, 0.3) is 10.9 Å². The molecule has 4 rings (SSSR count). The first-order valence-electron chi connectivity index (χ1n) is 9.59. The summed E-state index contributed by atoms with van der Waals surface area (Å²) in [6.45, 7) is 4.03. The summed E-state index contributed by atoms with van der Waals surface area (Å²) in [6.07, 6.45) is 3.28. The number of aryl methyl sites for hydroxylation is 1. The Hall–Kier alpha value is -2.53. The standard InChI is InChI=1S/C23H22BrN3O/c1-3-15-4-6-16(7-5-15)14(2)26-27-23(28)20-13-22(17-8-9-17)25-21-11-10-18(24)12-19(20)21/h4-7,10-13,17H,3,8-9H2,1-2H3,(H,27,28)/b26-14-. The minimum Gasteiger partial charge on any atom is -0.267 e. The smallest absolute Gasteiger partial charge is 0.267 e. The maximum atomic E-state index is 12.9. The molecule has 0 atom stereocenters. The van der Waals surface area contributed by atoms with E-state index in [1.165, 1.54) is 5.56 Å². The molecule has 4 nitrogen and oxygen atoms in total. The van der Waals surface area contributed by atoms with Crippen LogP contribution in [-0.4, -0.2) is 16.6 Å². The van der Waals surface area contributed by atoms with Gasteiger partial charge in [-0.1, -0.05) is 47.1 Å². The minimum atomic E-state index is -0.211. The highest BCUT2D eigenvalue weighted by atomic mass is 79.9. The number of hydrogen-bond acceptors (Lipinski definition) is 3. The van der Waals surface area contributed by atoms with E-state index in [9.17, 15) is 4.79 Å². The van der Waals surface area contributed by atoms with Gasteiger partial charge in [0.25, 0.3) is 5.91 Å². The lowest BCUT2D eigenvalue weighted by Gasteiger charge is -2.09. The van der Waals surface area contributed by atoms with Gasteiger partial charge in [0, 0.05) is 21.5 Å². The van der Waals surface area contributed by atoms with Gasteiger partial charge >= 0.3 is 0 Å². The molecule has 0 radical (unpaired) electrons. The highest BCUT2D eigenvalue weighted by Gasteiger charge is 2.27. The van der Waals surface area contributed by atoms with Crippen molar-refractivity contribution in [2.75, 3.05) is 0 Å². The first-order chi connectivity index (χ1) is 13.5. The van der Waals surface area contributed by atoms with Crippen molar-refractivity contribution in [3.05, 3.63) is 75.4 Å². The van der Waals surface area contributed by atoms with Crippen LogP contribution in [0.5, 0.6) is 0 Å². The molecule has 1 heterocycles. The average Bonchev–Trinajstić information content (AvgIpc) is 3.56. The van der Waals surface area contributed by atoms with Crippen LogP contribution in [0.2, 0.25) is 0 Å². The fourth-order valence-electron chi connectivity index (χ4n) is 3.24. The molecule has 1 aliphatic carbocycles. The van der Waals surface area contributed by atoms with E-state index in [2.05, 4.69) is 45.5 Å². The lowest BCUT2D eigenvalue weighted by Crippen LogP contribution is -2.20. The van der Waals surface area contributed by atoms with Crippen LogP contribution < -0.4 is 5.43 Å². The normalized spacial score (nSPS) is 14.3. The Kier molecular flexibility index (Phi) is 5.27. The molecule has 5 heteroatoms. The van der Waals surface area contributed by atoms with Crippen molar-refractivity contribution in [2.24, 2.45) is 5.10 Å². The Morgan fingerprint density at radius 2 is 1.93 bits per heavy atom. The molecule has 1 amide bonds. The van der Waals surface area contributed by atoms with Crippen molar-refractivity contribution < 1.29 is 4.79 Å². The summed E-state index contributed by atoms with van der Waals surface area (Å²) in [5.74, 6) is 0.263. The first-order valence-corrected chi connectivity index (χ1v) is 10.4. The fourth-order valence-corrected chi connectivity index (χ4v) is 3.60. The molecule has 1 aromatic heterocycles. The number of nitrogens with zero attached hydrogens (tertiary/aromatic N) is 2. The van der Waals surface area contributed by atoms with E-state index in [0.29, 0.717) is 11.5 Å². The SMILES string of the molecule is CCc1ccc(/C(C)=N\NC(=O)c2cc(C3CC3)nc3ccc(Br)cc23)cc1. The second kappa shape index (κ2) is 7.84. The summed E-state index contributed by atoms with van der Waals surface area (Å²) < 4.78 is 0.922. The van der Waals surface area contributed by atoms with Crippen molar-refractivity contribution in [3.63, 3.8) is 0 Å². The van der Waals surface area contributed by atoms with Crippen molar-refractivity contribution in [1.82, 2.24) is 10.4 Å². The zero-order chi connectivity index (χ0) is 19.7. The number of hydrogen-bond donors (Lipinski definition) is 1. The lowest BCUT2D eigenvalue weighted by atomic mass is 10.1. The number of aromatic nitrogens is 1. The first kappa shape index (κ1) is 18.8. The number of hydrazone groups is 1. The summed E-state index contributed by atoms with van der Waals surface area (Å²) in [6, 6.07) is 16.0. The van der Waals surface area contributed by atoms with Crippen LogP contribution >= 0.6 is 15.9 Å². The largest absolute Gasteiger partial charge is 0.272 e. The van der Waals surface area contributed by atoms with Crippen LogP contribution in [0, 0.1) is 0 Å². The highest BCUT2D eigenvalue weighted by molar-refractivity contribution is 9.10. The van der Waals surface area contributed by atoms with Gasteiger partial charge in [-0.25, -0.2) is 5.43 Å². The summed E-state index contributed by atoms with van der Waals surface area (Å²) in [4.78, 5) is 17.7. The van der Waals surface area contributed by atoms with Gasteiger partial charge in [0.1, 0.15) is 0 Å². The third-order valence-corrected chi connectivity index (χ3v) is 5.63. The van der Waals surface area contributed by atoms with E-state index in [4.69, 9.17) is 4.98 Å². The molecule has 1 fully saturated rings. The van der Waals surface area contributed by atoms with E-state index in [1.807, 2.05) is 43.3 Å². The Bertz CT molecular complexity index is 1070. The number of rotatable bonds is 5. The van der Waals surface area contributed by atoms with Crippen LogP contribution in [-0.2, 0) is 6.42 Å². The summed E-state index contributed by atoms with van der Waals surface area (Å²) in [5.41, 5.74) is 8.24. The predicted octanol–water partition coefficient (Wildman–Crippen LogP) is 5.59. The van der Waals surface area contributed by atoms with E-state index in [1.54, 1.807) is 0 Å². The molecular weight excluding hydrogens is 414 g/mol. The van der Waals surface area contributed by atoms with Crippen molar-refractivity contribution in [3.8, 4) is 0 Å². The zero-order valence-electron chi connectivity index (χ0n) is 16.0. The quantitative estimate of drug-likeness (QED) is 0.419. The van der Waals surface area contributed by atoms with Crippen LogP contribution in [0.15, 0.2) is 58.1 Å². The van der Waals surface area contributed by atoms with Gasteiger partial charge in [0.2, 0.25) is 0 Å². The van der Waals surface area contributed by atoms with Crippen molar-refractivity contribution in [1.29, 1.82) is 0 Å². The van der Waals surface area contributed by atoms with Gasteiger partial charge in [0.15, 0.2) is 0 Å². The molecule has 1 aliphatic rings. The molecule has 3 aromatic rings. The predicted molar refractivity (Wildman–Crippen MR) is 117 cm³/mol. The maximum absolute atomic E-state index is 12.9. The topological polar surface area (TPSA) is 54.4 Å². The third kappa shape index (κ3) is 3.99. The molecule has 0 bridgehead atoms.